The topological polar surface area (TPSA) is 88.1 Å². The number of nitrogen functional groups attached to an aromatic ring is 2. The lowest BCUT2D eigenvalue weighted by Crippen LogP contribution is -1.90. The Bertz CT molecular complexity index is 174. The number of aromatic amines is 1. The van der Waals surface area contributed by atoms with Gasteiger partial charge in [-0.1, -0.05) is 0 Å². The third kappa shape index (κ3) is 0.465. The van der Waals surface area contributed by atoms with Gasteiger partial charge in [0.25, 0.3) is 0 Å². The summed E-state index contributed by atoms with van der Waals surface area (Å²) in [6.45, 7) is 0. The summed E-state index contributed by atoms with van der Waals surface area (Å²) in [6.07, 6.45) is 1.34. The highest BCUT2D eigenvalue weighted by molar-refractivity contribution is 5.67. The van der Waals surface area contributed by atoms with E-state index in [0.717, 1.165) is 0 Å². The number of nitrogens with two attached hydrogens (primary N) is 2. The standard InChI is InChI=1S/C4H7N3O/c5-3-2(8)1-7-4(3)6/h1,7-8H,5-6H2. The molecule has 8 heavy (non-hydrogen) atoms. The first-order valence-corrected chi connectivity index (χ1v) is 2.13. The predicted octanol–water partition coefficient (Wildman–Crippen LogP) is -0.115. The lowest BCUT2D eigenvalue weighted by atomic mass is 10.5. The van der Waals surface area contributed by atoms with Crippen LogP contribution < -0.4 is 11.5 Å². The molecule has 0 unspecified atom stereocenters. The van der Waals surface area contributed by atoms with Crippen molar-refractivity contribution >= 4 is 11.5 Å². The zero-order valence-corrected chi connectivity index (χ0v) is 4.18. The monoisotopic (exact) mass is 113 g/mol. The molecule has 1 rings (SSSR count). The first kappa shape index (κ1) is 4.83. The molecular formula is C4H7N3O. The molecule has 4 heteroatoms. The van der Waals surface area contributed by atoms with E-state index in [1.807, 2.05) is 0 Å². The molecule has 0 aliphatic heterocycles. The molecule has 0 aliphatic carbocycles. The quantitative estimate of drug-likeness (QED) is 0.378. The Hall–Kier alpha value is -1.32. The number of hydrogen-bond donors (Lipinski definition) is 4. The molecule has 44 valence electrons. The summed E-state index contributed by atoms with van der Waals surface area (Å²) in [5.74, 6) is 0.310. The van der Waals surface area contributed by atoms with Gasteiger partial charge in [-0.25, -0.2) is 0 Å². The molecule has 0 saturated carbocycles. The van der Waals surface area contributed by atoms with Crippen LogP contribution in [0.2, 0.25) is 0 Å². The largest absolute Gasteiger partial charge is 0.504 e. The third-order valence-corrected chi connectivity index (χ3v) is 0.931. The van der Waals surface area contributed by atoms with Crippen molar-refractivity contribution in [1.29, 1.82) is 0 Å². The van der Waals surface area contributed by atoms with Gasteiger partial charge in [-0.15, -0.1) is 0 Å². The minimum Gasteiger partial charge on any atom is -0.504 e. The van der Waals surface area contributed by atoms with Gasteiger partial charge in [-0.05, 0) is 0 Å². The fraction of sp³-hybridized carbons (Fsp3) is 0. The number of nitrogens with one attached hydrogen (secondary N) is 1. The van der Waals surface area contributed by atoms with E-state index < -0.39 is 0 Å². The maximum atomic E-state index is 8.70. The first-order chi connectivity index (χ1) is 3.72. The molecule has 0 radical (unpaired) electrons. The Kier molecular flexibility index (Phi) is 0.802. The minimum atomic E-state index is 0.00231. The summed E-state index contributed by atoms with van der Waals surface area (Å²) in [5.41, 5.74) is 10.6. The average molecular weight is 113 g/mol. The van der Waals surface area contributed by atoms with Crippen LogP contribution in [0.15, 0.2) is 6.20 Å². The van der Waals surface area contributed by atoms with Crippen molar-refractivity contribution in [3.05, 3.63) is 6.20 Å². The van der Waals surface area contributed by atoms with Crippen LogP contribution in [-0.4, -0.2) is 10.1 Å². The van der Waals surface area contributed by atoms with Gasteiger partial charge in [0.1, 0.15) is 11.5 Å². The molecule has 0 amide bonds. The second kappa shape index (κ2) is 1.33. The van der Waals surface area contributed by atoms with Crippen LogP contribution in [0.5, 0.6) is 5.75 Å². The number of H-pyrrole nitrogens is 1. The summed E-state index contributed by atoms with van der Waals surface area (Å²) in [6, 6.07) is 0. The molecule has 0 saturated heterocycles. The third-order valence-electron chi connectivity index (χ3n) is 0.931. The van der Waals surface area contributed by atoms with Gasteiger partial charge in [0.05, 0.1) is 0 Å². The van der Waals surface area contributed by atoms with Crippen molar-refractivity contribution in [2.75, 3.05) is 11.5 Å². The molecule has 1 aromatic rings. The Labute approximate surface area is 46.1 Å². The molecule has 0 aromatic carbocycles. The lowest BCUT2D eigenvalue weighted by Gasteiger charge is -1.86. The number of aromatic hydroxyl groups is 1. The SMILES string of the molecule is Nc1[nH]cc(O)c1N. The maximum absolute atomic E-state index is 8.70. The van der Waals surface area contributed by atoms with Gasteiger partial charge in [0.15, 0.2) is 5.75 Å². The van der Waals surface area contributed by atoms with Gasteiger partial charge < -0.3 is 21.6 Å². The Balaban J connectivity index is 3.19. The second-order valence-electron chi connectivity index (χ2n) is 1.50. The van der Waals surface area contributed by atoms with E-state index in [1.54, 1.807) is 0 Å². The van der Waals surface area contributed by atoms with E-state index in [9.17, 15) is 0 Å². The van der Waals surface area contributed by atoms with Gasteiger partial charge in [0, 0.05) is 6.20 Å². The number of rotatable bonds is 0. The molecule has 0 fully saturated rings. The highest BCUT2D eigenvalue weighted by atomic mass is 16.3. The molecule has 0 atom stereocenters. The van der Waals surface area contributed by atoms with Crippen molar-refractivity contribution in [3.8, 4) is 5.75 Å². The molecule has 0 bridgehead atoms. The van der Waals surface area contributed by atoms with Crippen LogP contribution in [0.1, 0.15) is 0 Å². The van der Waals surface area contributed by atoms with Gasteiger partial charge in [-0.3, -0.25) is 0 Å². The van der Waals surface area contributed by atoms with E-state index in [-0.39, 0.29) is 11.4 Å². The van der Waals surface area contributed by atoms with Crippen LogP contribution >= 0.6 is 0 Å². The summed E-state index contributed by atoms with van der Waals surface area (Å²) < 4.78 is 0. The van der Waals surface area contributed by atoms with E-state index in [2.05, 4.69) is 4.98 Å². The summed E-state index contributed by atoms with van der Waals surface area (Å²) >= 11 is 0. The molecule has 1 aromatic heterocycles. The van der Waals surface area contributed by atoms with Crippen molar-refractivity contribution in [2.45, 2.75) is 0 Å². The van der Waals surface area contributed by atoms with E-state index in [0.29, 0.717) is 5.82 Å². The highest BCUT2D eigenvalue weighted by Crippen LogP contribution is 2.23. The molecule has 1 heterocycles. The van der Waals surface area contributed by atoms with E-state index >= 15 is 0 Å². The fourth-order valence-corrected chi connectivity index (χ4v) is 0.440. The van der Waals surface area contributed by atoms with Crippen LogP contribution in [-0.2, 0) is 0 Å². The second-order valence-corrected chi connectivity index (χ2v) is 1.50. The van der Waals surface area contributed by atoms with Crippen molar-refractivity contribution in [2.24, 2.45) is 0 Å². The highest BCUT2D eigenvalue weighted by Gasteiger charge is 1.99. The first-order valence-electron chi connectivity index (χ1n) is 2.13. The van der Waals surface area contributed by atoms with Crippen LogP contribution in [0.25, 0.3) is 0 Å². The Morgan fingerprint density at radius 3 is 2.25 bits per heavy atom. The van der Waals surface area contributed by atoms with Crippen molar-refractivity contribution in [3.63, 3.8) is 0 Å². The molecular weight excluding hydrogens is 106 g/mol. The van der Waals surface area contributed by atoms with Gasteiger partial charge >= 0.3 is 0 Å². The Morgan fingerprint density at radius 1 is 1.50 bits per heavy atom. The lowest BCUT2D eigenvalue weighted by molar-refractivity contribution is 0.478. The number of anilines is 2. The maximum Gasteiger partial charge on any atom is 0.158 e. The summed E-state index contributed by atoms with van der Waals surface area (Å²) in [4.78, 5) is 2.54. The smallest absolute Gasteiger partial charge is 0.158 e. The number of aromatic nitrogens is 1. The zero-order chi connectivity index (χ0) is 6.15. The van der Waals surface area contributed by atoms with Crippen molar-refractivity contribution < 1.29 is 5.11 Å². The number of hydrogen-bond acceptors (Lipinski definition) is 3. The van der Waals surface area contributed by atoms with E-state index in [1.165, 1.54) is 6.20 Å². The molecule has 0 spiro atoms. The molecule has 0 aliphatic rings. The van der Waals surface area contributed by atoms with Crippen LogP contribution in [0, 0.1) is 0 Å². The zero-order valence-electron chi connectivity index (χ0n) is 4.18. The van der Waals surface area contributed by atoms with E-state index in [4.69, 9.17) is 16.6 Å². The van der Waals surface area contributed by atoms with Crippen LogP contribution in [0.4, 0.5) is 11.5 Å². The summed E-state index contributed by atoms with van der Waals surface area (Å²) in [7, 11) is 0. The summed E-state index contributed by atoms with van der Waals surface area (Å²) in [5, 5.41) is 8.70. The molecule has 6 N–H and O–H groups in total. The average Bonchev–Trinajstić information content (AvgIpc) is 1.98. The Morgan fingerprint density at radius 2 is 2.12 bits per heavy atom. The van der Waals surface area contributed by atoms with Crippen LogP contribution in [0.3, 0.4) is 0 Å². The normalized spacial score (nSPS) is 9.50. The van der Waals surface area contributed by atoms with Gasteiger partial charge in [-0.2, -0.15) is 0 Å². The fourth-order valence-electron chi connectivity index (χ4n) is 0.440. The van der Waals surface area contributed by atoms with Crippen molar-refractivity contribution in [1.82, 2.24) is 4.98 Å². The van der Waals surface area contributed by atoms with Gasteiger partial charge in [0.2, 0.25) is 0 Å². The predicted molar refractivity (Wildman–Crippen MR) is 31.3 cm³/mol. The molecule has 4 nitrogen and oxygen atoms in total. The minimum absolute atomic E-state index is 0.00231.